The van der Waals surface area contributed by atoms with Gasteiger partial charge in [0.2, 0.25) is 5.91 Å². The van der Waals surface area contributed by atoms with E-state index in [0.29, 0.717) is 18.2 Å². The molecule has 2 aromatic carbocycles. The van der Waals surface area contributed by atoms with E-state index in [1.165, 1.54) is 0 Å². The van der Waals surface area contributed by atoms with Gasteiger partial charge in [-0.25, -0.2) is 9.97 Å². The van der Waals surface area contributed by atoms with Crippen molar-refractivity contribution in [2.45, 2.75) is 26.3 Å². The molecule has 1 fully saturated rings. The zero-order valence-corrected chi connectivity index (χ0v) is 19.8. The van der Waals surface area contributed by atoms with E-state index in [0.717, 1.165) is 54.1 Å². The van der Waals surface area contributed by atoms with Crippen molar-refractivity contribution in [3.63, 3.8) is 0 Å². The Morgan fingerprint density at radius 3 is 2.74 bits per heavy atom. The van der Waals surface area contributed by atoms with Crippen LogP contribution in [0.1, 0.15) is 25.3 Å². The number of aryl methyl sites for hydroxylation is 1. The maximum Gasteiger partial charge on any atom is 0.245 e. The van der Waals surface area contributed by atoms with Gasteiger partial charge in [0.1, 0.15) is 11.8 Å². The second-order valence-corrected chi connectivity index (χ2v) is 8.61. The normalized spacial score (nSPS) is 15.4. The van der Waals surface area contributed by atoms with E-state index < -0.39 is 0 Å². The van der Waals surface area contributed by atoms with Crippen molar-refractivity contribution in [1.29, 1.82) is 0 Å². The molecule has 1 unspecified atom stereocenters. The largest absolute Gasteiger partial charge is 0.496 e. The number of benzene rings is 2. The topological polar surface area (TPSA) is 76.6 Å². The standard InChI is InChI=1S/C26H29N5O3/c1-18(31-17-28-22-7-4-5-8-23(22)31)26(32)30-12-6-11-29(13-14-30)20-9-10-21(24(15-20)33-3)25-16-27-19(2)34-25/h4-5,7-10,15-18H,6,11-14H2,1-3H3. The monoisotopic (exact) mass is 459 g/mol. The lowest BCUT2D eigenvalue weighted by Gasteiger charge is -2.26. The van der Waals surface area contributed by atoms with Gasteiger partial charge in [-0.15, -0.1) is 0 Å². The molecular weight excluding hydrogens is 430 g/mol. The molecule has 5 rings (SSSR count). The molecular formula is C26H29N5O3. The lowest BCUT2D eigenvalue weighted by molar-refractivity contribution is -0.134. The van der Waals surface area contributed by atoms with Gasteiger partial charge in [-0.3, -0.25) is 4.79 Å². The first kappa shape index (κ1) is 22.0. The third-order valence-electron chi connectivity index (χ3n) is 6.50. The van der Waals surface area contributed by atoms with Crippen LogP contribution in [0.15, 0.2) is 59.4 Å². The number of nitrogens with zero attached hydrogens (tertiary/aromatic N) is 5. The van der Waals surface area contributed by atoms with Crippen molar-refractivity contribution in [2.24, 2.45) is 0 Å². The quantitative estimate of drug-likeness (QED) is 0.443. The van der Waals surface area contributed by atoms with Crippen LogP contribution in [0.3, 0.4) is 0 Å². The maximum absolute atomic E-state index is 13.4. The number of oxazole rings is 1. The highest BCUT2D eigenvalue weighted by atomic mass is 16.5. The molecule has 1 amide bonds. The number of hydrogen-bond donors (Lipinski definition) is 0. The number of imidazole rings is 1. The van der Waals surface area contributed by atoms with Crippen LogP contribution in [0.5, 0.6) is 5.75 Å². The number of para-hydroxylation sites is 2. The zero-order valence-electron chi connectivity index (χ0n) is 19.8. The van der Waals surface area contributed by atoms with Crippen molar-refractivity contribution >= 4 is 22.6 Å². The summed E-state index contributed by atoms with van der Waals surface area (Å²) in [7, 11) is 1.66. The number of methoxy groups -OCH3 is 1. The highest BCUT2D eigenvalue weighted by Gasteiger charge is 2.26. The third-order valence-corrected chi connectivity index (χ3v) is 6.50. The molecule has 1 aliphatic heterocycles. The van der Waals surface area contributed by atoms with Crippen LogP contribution in [0.4, 0.5) is 5.69 Å². The van der Waals surface area contributed by atoms with Crippen LogP contribution in [0, 0.1) is 6.92 Å². The summed E-state index contributed by atoms with van der Waals surface area (Å²) in [5.41, 5.74) is 3.83. The van der Waals surface area contributed by atoms with Crippen molar-refractivity contribution in [1.82, 2.24) is 19.4 Å². The molecule has 0 bridgehead atoms. The number of carbonyl (C=O) groups is 1. The summed E-state index contributed by atoms with van der Waals surface area (Å²) in [5.74, 6) is 2.18. The van der Waals surface area contributed by atoms with E-state index >= 15 is 0 Å². The van der Waals surface area contributed by atoms with E-state index in [1.807, 2.05) is 59.7 Å². The first-order valence-electron chi connectivity index (χ1n) is 11.6. The number of carbonyl (C=O) groups excluding carboxylic acids is 1. The second-order valence-electron chi connectivity index (χ2n) is 8.61. The van der Waals surface area contributed by atoms with Gasteiger partial charge in [0.15, 0.2) is 11.7 Å². The lowest BCUT2D eigenvalue weighted by Crippen LogP contribution is -2.39. The molecule has 34 heavy (non-hydrogen) atoms. The number of hydrogen-bond acceptors (Lipinski definition) is 6. The van der Waals surface area contributed by atoms with E-state index in [-0.39, 0.29) is 11.9 Å². The van der Waals surface area contributed by atoms with Gasteiger partial charge in [-0.2, -0.15) is 0 Å². The second kappa shape index (κ2) is 9.21. The third kappa shape index (κ3) is 4.11. The van der Waals surface area contributed by atoms with Gasteiger partial charge in [-0.05, 0) is 37.6 Å². The van der Waals surface area contributed by atoms with Crippen LogP contribution in [-0.4, -0.2) is 58.6 Å². The van der Waals surface area contributed by atoms with Crippen LogP contribution in [0.25, 0.3) is 22.4 Å². The molecule has 3 heterocycles. The van der Waals surface area contributed by atoms with Gasteiger partial charge in [0.25, 0.3) is 0 Å². The van der Waals surface area contributed by atoms with E-state index in [9.17, 15) is 4.79 Å². The molecule has 1 saturated heterocycles. The van der Waals surface area contributed by atoms with E-state index in [2.05, 4.69) is 20.9 Å². The van der Waals surface area contributed by atoms with Crippen LogP contribution in [-0.2, 0) is 4.79 Å². The molecule has 0 N–H and O–H groups in total. The highest BCUT2D eigenvalue weighted by Crippen LogP contribution is 2.34. The van der Waals surface area contributed by atoms with Gasteiger partial charge in [0.05, 0.1) is 36.2 Å². The van der Waals surface area contributed by atoms with Gasteiger partial charge < -0.3 is 23.5 Å². The molecule has 176 valence electrons. The maximum atomic E-state index is 13.4. The SMILES string of the molecule is COc1cc(N2CCCN(C(=O)C(C)n3cnc4ccccc43)CC2)ccc1-c1cnc(C)o1. The minimum Gasteiger partial charge on any atom is -0.496 e. The van der Waals surface area contributed by atoms with E-state index in [1.54, 1.807) is 19.6 Å². The average molecular weight is 460 g/mol. The molecule has 8 heteroatoms. The first-order chi connectivity index (χ1) is 16.5. The summed E-state index contributed by atoms with van der Waals surface area (Å²) < 4.78 is 13.3. The molecule has 8 nitrogen and oxygen atoms in total. The van der Waals surface area contributed by atoms with Gasteiger partial charge in [-0.1, -0.05) is 12.1 Å². The smallest absolute Gasteiger partial charge is 0.245 e. The molecule has 1 aliphatic rings. The highest BCUT2D eigenvalue weighted by molar-refractivity contribution is 5.83. The van der Waals surface area contributed by atoms with Crippen molar-refractivity contribution in [3.8, 4) is 17.1 Å². The molecule has 1 atom stereocenters. The average Bonchev–Trinajstić information content (AvgIpc) is 3.41. The Labute approximate surface area is 198 Å². The van der Waals surface area contributed by atoms with Crippen LogP contribution < -0.4 is 9.64 Å². The fourth-order valence-electron chi connectivity index (χ4n) is 4.63. The summed E-state index contributed by atoms with van der Waals surface area (Å²) in [6.07, 6.45) is 4.38. The Kier molecular flexibility index (Phi) is 5.96. The number of ether oxygens (including phenoxy) is 1. The summed E-state index contributed by atoms with van der Waals surface area (Å²) in [5, 5.41) is 0. The predicted octanol–water partition coefficient (Wildman–Crippen LogP) is 4.31. The predicted molar refractivity (Wildman–Crippen MR) is 131 cm³/mol. The number of fused-ring (bicyclic) bond motifs is 1. The molecule has 0 saturated carbocycles. The molecule has 0 spiro atoms. The fourth-order valence-corrected chi connectivity index (χ4v) is 4.63. The summed E-state index contributed by atoms with van der Waals surface area (Å²) in [4.78, 5) is 26.3. The Hall–Kier alpha value is -3.81. The number of rotatable bonds is 5. The Balaban J connectivity index is 1.30. The molecule has 2 aromatic heterocycles. The molecule has 0 radical (unpaired) electrons. The lowest BCUT2D eigenvalue weighted by atomic mass is 10.1. The number of amides is 1. The zero-order chi connectivity index (χ0) is 23.7. The summed E-state index contributed by atoms with van der Waals surface area (Å²) >= 11 is 0. The van der Waals surface area contributed by atoms with Crippen LogP contribution in [0.2, 0.25) is 0 Å². The van der Waals surface area contributed by atoms with Crippen molar-refractivity contribution < 1.29 is 13.9 Å². The Morgan fingerprint density at radius 1 is 1.09 bits per heavy atom. The summed E-state index contributed by atoms with van der Waals surface area (Å²) in [6, 6.07) is 13.7. The number of anilines is 1. The Bertz CT molecular complexity index is 1310. The van der Waals surface area contributed by atoms with Crippen LogP contribution >= 0.6 is 0 Å². The first-order valence-corrected chi connectivity index (χ1v) is 11.6. The minimum atomic E-state index is -0.302. The molecule has 4 aromatic rings. The van der Waals surface area contributed by atoms with E-state index in [4.69, 9.17) is 9.15 Å². The van der Waals surface area contributed by atoms with Gasteiger partial charge >= 0.3 is 0 Å². The van der Waals surface area contributed by atoms with Crippen molar-refractivity contribution in [3.05, 3.63) is 60.9 Å². The minimum absolute atomic E-state index is 0.124. The fraction of sp³-hybridized carbons (Fsp3) is 0.346. The van der Waals surface area contributed by atoms with Gasteiger partial charge in [0, 0.05) is 44.9 Å². The van der Waals surface area contributed by atoms with Crippen molar-refractivity contribution in [2.75, 3.05) is 38.2 Å². The summed E-state index contributed by atoms with van der Waals surface area (Å²) in [6.45, 7) is 6.81. The molecule has 0 aliphatic carbocycles. The number of aromatic nitrogens is 3. The Morgan fingerprint density at radius 2 is 1.94 bits per heavy atom.